The Labute approximate surface area is 234 Å². The van der Waals surface area contributed by atoms with Crippen molar-refractivity contribution in [3.05, 3.63) is 84.7 Å². The topological polar surface area (TPSA) is 89.0 Å². The van der Waals surface area contributed by atoms with E-state index in [0.717, 1.165) is 37.7 Å². The van der Waals surface area contributed by atoms with Gasteiger partial charge in [0.25, 0.3) is 0 Å². The summed E-state index contributed by atoms with van der Waals surface area (Å²) in [5.74, 6) is -1.03. The molecule has 0 aromatic heterocycles. The Morgan fingerprint density at radius 1 is 0.973 bits per heavy atom. The average molecular weight is 708 g/mol. The van der Waals surface area contributed by atoms with Crippen molar-refractivity contribution in [3.8, 4) is 11.5 Å². The van der Waals surface area contributed by atoms with E-state index in [2.05, 4.69) is 63.6 Å². The number of nitrogens with one attached hydrogen (secondary N) is 2. The highest BCUT2D eigenvalue weighted by Crippen LogP contribution is 2.37. The van der Waals surface area contributed by atoms with Crippen LogP contribution in [0.2, 0.25) is 0 Å². The summed E-state index contributed by atoms with van der Waals surface area (Å²) in [6.45, 7) is 0.158. The number of amides is 2. The third kappa shape index (κ3) is 8.04. The number of hydrazone groups is 1. The Bertz CT molecular complexity index is 1310. The first kappa shape index (κ1) is 28.7. The van der Waals surface area contributed by atoms with Crippen molar-refractivity contribution >= 4 is 71.5 Å². The fourth-order valence-electron chi connectivity index (χ4n) is 2.95. The quantitative estimate of drug-likeness (QED) is 0.163. The number of anilines is 1. The first-order chi connectivity index (χ1) is 17.5. The van der Waals surface area contributed by atoms with Crippen LogP contribution in [0.1, 0.15) is 16.7 Å². The van der Waals surface area contributed by atoms with Crippen LogP contribution >= 0.6 is 47.8 Å². The highest BCUT2D eigenvalue weighted by atomic mass is 79.9. The SMILES string of the molecule is COc1ccc(/C=N/NC(=O)C(=O)Nc2ccc(C(F)(F)F)cc2)cc1COc1c(Br)cc(Br)cc1Br. The van der Waals surface area contributed by atoms with Crippen LogP contribution in [0.3, 0.4) is 0 Å². The maximum Gasteiger partial charge on any atom is 0.416 e. The predicted molar refractivity (Wildman–Crippen MR) is 143 cm³/mol. The summed E-state index contributed by atoms with van der Waals surface area (Å²) in [7, 11) is 1.52. The highest BCUT2D eigenvalue weighted by Gasteiger charge is 2.30. The summed E-state index contributed by atoms with van der Waals surface area (Å²) in [6.07, 6.45) is -3.19. The molecule has 3 rings (SSSR count). The minimum Gasteiger partial charge on any atom is -0.496 e. The number of nitrogens with zero attached hydrogens (tertiary/aromatic N) is 1. The molecule has 0 aliphatic heterocycles. The van der Waals surface area contributed by atoms with Crippen molar-refractivity contribution < 1.29 is 32.2 Å². The van der Waals surface area contributed by atoms with Gasteiger partial charge in [-0.25, -0.2) is 5.43 Å². The fraction of sp³-hybridized carbons (Fsp3) is 0.125. The molecule has 37 heavy (non-hydrogen) atoms. The molecule has 7 nitrogen and oxygen atoms in total. The second-order valence-electron chi connectivity index (χ2n) is 7.29. The summed E-state index contributed by atoms with van der Waals surface area (Å²) < 4.78 is 51.6. The largest absolute Gasteiger partial charge is 0.496 e. The first-order valence-electron chi connectivity index (χ1n) is 10.2. The number of ether oxygens (including phenoxy) is 2. The third-order valence-corrected chi connectivity index (χ3v) is 6.33. The average Bonchev–Trinajstić information content (AvgIpc) is 2.83. The molecule has 0 saturated heterocycles. The summed E-state index contributed by atoms with van der Waals surface area (Å²) >= 11 is 10.3. The molecule has 0 atom stereocenters. The molecule has 2 N–H and O–H groups in total. The number of halogens is 6. The van der Waals surface area contributed by atoms with Gasteiger partial charge in [-0.15, -0.1) is 0 Å². The van der Waals surface area contributed by atoms with Crippen LogP contribution < -0.4 is 20.2 Å². The Morgan fingerprint density at radius 3 is 2.22 bits per heavy atom. The van der Waals surface area contributed by atoms with Crippen LogP contribution in [0.25, 0.3) is 0 Å². The maximum atomic E-state index is 12.6. The molecule has 0 heterocycles. The predicted octanol–water partition coefficient (Wildman–Crippen LogP) is 6.67. The monoisotopic (exact) mass is 705 g/mol. The molecule has 0 bridgehead atoms. The van der Waals surface area contributed by atoms with Gasteiger partial charge in [-0.3, -0.25) is 9.59 Å². The van der Waals surface area contributed by atoms with Crippen molar-refractivity contribution in [2.75, 3.05) is 12.4 Å². The molecule has 0 aliphatic rings. The standard InChI is InChI=1S/C24H17Br3F3N3O4/c1-36-20-7-2-13(8-14(20)12-37-21-18(26)9-16(25)10-19(21)27)11-31-33-23(35)22(34)32-17-5-3-15(4-6-17)24(28,29)30/h2-11H,12H2,1H3,(H,32,34)(H,33,35)/b31-11+. The van der Waals surface area contributed by atoms with Crippen molar-refractivity contribution in [3.63, 3.8) is 0 Å². The number of rotatable bonds is 7. The van der Waals surface area contributed by atoms with Crippen LogP contribution in [0.4, 0.5) is 18.9 Å². The van der Waals surface area contributed by atoms with E-state index >= 15 is 0 Å². The fourth-order valence-corrected chi connectivity index (χ4v) is 5.44. The van der Waals surface area contributed by atoms with Gasteiger partial charge in [-0.1, -0.05) is 15.9 Å². The van der Waals surface area contributed by atoms with Crippen molar-refractivity contribution in [1.29, 1.82) is 0 Å². The molecule has 3 aromatic rings. The van der Waals surface area contributed by atoms with Gasteiger partial charge in [0.05, 0.1) is 27.8 Å². The second-order valence-corrected chi connectivity index (χ2v) is 9.91. The summed E-state index contributed by atoms with van der Waals surface area (Å²) in [4.78, 5) is 24.0. The van der Waals surface area contributed by atoms with Crippen LogP contribution in [-0.2, 0) is 22.4 Å². The zero-order chi connectivity index (χ0) is 27.2. The zero-order valence-electron chi connectivity index (χ0n) is 18.8. The first-order valence-corrected chi connectivity index (χ1v) is 12.6. The minimum atomic E-state index is -4.51. The van der Waals surface area contributed by atoms with Gasteiger partial charge < -0.3 is 14.8 Å². The van der Waals surface area contributed by atoms with E-state index in [9.17, 15) is 22.8 Å². The van der Waals surface area contributed by atoms with Crippen LogP contribution in [0, 0.1) is 0 Å². The highest BCUT2D eigenvalue weighted by molar-refractivity contribution is 9.11. The lowest BCUT2D eigenvalue weighted by Crippen LogP contribution is -2.32. The Balaban J connectivity index is 1.61. The van der Waals surface area contributed by atoms with Gasteiger partial charge >= 0.3 is 18.0 Å². The van der Waals surface area contributed by atoms with E-state index in [1.165, 1.54) is 13.3 Å². The molecule has 0 saturated carbocycles. The maximum absolute atomic E-state index is 12.6. The number of hydrogen-bond acceptors (Lipinski definition) is 5. The molecule has 0 radical (unpaired) electrons. The minimum absolute atomic E-state index is 0.0287. The van der Waals surface area contributed by atoms with Gasteiger partial charge in [0.1, 0.15) is 18.1 Å². The van der Waals surface area contributed by atoms with Crippen LogP contribution in [0.5, 0.6) is 11.5 Å². The molecule has 0 aliphatic carbocycles. The molecule has 0 fully saturated rings. The normalized spacial score (nSPS) is 11.3. The zero-order valence-corrected chi connectivity index (χ0v) is 23.6. The molecular formula is C24H17Br3F3N3O4. The Morgan fingerprint density at radius 2 is 1.62 bits per heavy atom. The van der Waals surface area contributed by atoms with Crippen molar-refractivity contribution in [2.45, 2.75) is 12.8 Å². The van der Waals surface area contributed by atoms with E-state index in [0.29, 0.717) is 22.6 Å². The summed E-state index contributed by atoms with van der Waals surface area (Å²) in [6, 6.07) is 12.5. The lowest BCUT2D eigenvalue weighted by molar-refractivity contribution is -0.137. The van der Waals surface area contributed by atoms with Crippen molar-refractivity contribution in [2.24, 2.45) is 5.10 Å². The third-order valence-electron chi connectivity index (χ3n) is 4.70. The lowest BCUT2D eigenvalue weighted by Gasteiger charge is -2.13. The molecular weight excluding hydrogens is 691 g/mol. The smallest absolute Gasteiger partial charge is 0.416 e. The lowest BCUT2D eigenvalue weighted by atomic mass is 10.1. The van der Waals surface area contributed by atoms with E-state index < -0.39 is 23.6 Å². The summed E-state index contributed by atoms with van der Waals surface area (Å²) in [5.41, 5.74) is 2.50. The number of hydrogen-bond donors (Lipinski definition) is 2. The van der Waals surface area contributed by atoms with E-state index in [-0.39, 0.29) is 12.3 Å². The number of carbonyl (C=O) groups is 2. The van der Waals surface area contributed by atoms with Gasteiger partial charge in [0.2, 0.25) is 0 Å². The molecule has 194 valence electrons. The van der Waals surface area contributed by atoms with Gasteiger partial charge in [-0.05, 0) is 92.0 Å². The number of benzene rings is 3. The van der Waals surface area contributed by atoms with Crippen LogP contribution in [0.15, 0.2) is 73.1 Å². The Hall–Kier alpha value is -2.90. The molecule has 2 amide bonds. The molecule has 3 aromatic carbocycles. The Kier molecular flexibility index (Phi) is 9.74. The summed E-state index contributed by atoms with van der Waals surface area (Å²) in [5, 5.41) is 5.97. The number of alkyl halides is 3. The second kappa shape index (κ2) is 12.6. The van der Waals surface area contributed by atoms with E-state index in [1.54, 1.807) is 18.2 Å². The molecule has 0 spiro atoms. The van der Waals surface area contributed by atoms with E-state index in [1.807, 2.05) is 12.1 Å². The molecule has 0 unspecified atom stereocenters. The number of carbonyl (C=O) groups excluding carboxylic acids is 2. The van der Waals surface area contributed by atoms with E-state index in [4.69, 9.17) is 9.47 Å². The number of methoxy groups -OCH3 is 1. The van der Waals surface area contributed by atoms with Crippen molar-refractivity contribution in [1.82, 2.24) is 5.43 Å². The molecule has 13 heteroatoms. The van der Waals surface area contributed by atoms with Gasteiger partial charge in [0, 0.05) is 15.7 Å². The van der Waals surface area contributed by atoms with Gasteiger partial charge in [-0.2, -0.15) is 18.3 Å². The van der Waals surface area contributed by atoms with Gasteiger partial charge in [0.15, 0.2) is 0 Å². The van der Waals surface area contributed by atoms with Crippen LogP contribution in [-0.4, -0.2) is 25.1 Å².